The molecule has 7 heteroatoms. The van der Waals surface area contributed by atoms with E-state index in [0.717, 1.165) is 6.07 Å². The molecule has 0 unspecified atom stereocenters. The molecule has 0 fully saturated rings. The van der Waals surface area contributed by atoms with Gasteiger partial charge in [0.2, 0.25) is 5.78 Å². The van der Waals surface area contributed by atoms with E-state index in [9.17, 15) is 18.8 Å². The zero-order valence-corrected chi connectivity index (χ0v) is 13.1. The predicted molar refractivity (Wildman–Crippen MR) is 84.4 cm³/mol. The summed E-state index contributed by atoms with van der Waals surface area (Å²) in [5.41, 5.74) is -0.535. The van der Waals surface area contributed by atoms with Crippen LogP contribution >= 0.6 is 0 Å². The average Bonchev–Trinajstić information content (AvgIpc) is 2.97. The highest BCUT2D eigenvalue weighted by atomic mass is 19.1. The maximum absolute atomic E-state index is 14.4. The number of pyridine rings is 2. The van der Waals surface area contributed by atoms with Crippen molar-refractivity contribution < 1.29 is 23.5 Å². The van der Waals surface area contributed by atoms with Crippen LogP contribution in [-0.2, 0) is 4.74 Å². The number of carbonyl (C=O) groups excluding carboxylic acids is 3. The highest BCUT2D eigenvalue weighted by Crippen LogP contribution is 2.34. The van der Waals surface area contributed by atoms with Gasteiger partial charge in [0, 0.05) is 12.4 Å². The first-order chi connectivity index (χ1) is 12.1. The fraction of sp³-hybridized carbons (Fsp3) is 0.111. The Kier molecular flexibility index (Phi) is 3.24. The zero-order valence-electron chi connectivity index (χ0n) is 13.1. The summed E-state index contributed by atoms with van der Waals surface area (Å²) < 4.78 is 20.7. The summed E-state index contributed by atoms with van der Waals surface area (Å²) in [6, 6.07) is 5.53. The van der Waals surface area contributed by atoms with Gasteiger partial charge >= 0.3 is 5.97 Å². The molecule has 0 aromatic carbocycles. The molecule has 3 heterocycles. The number of aromatic nitrogens is 2. The average molecular weight is 338 g/mol. The van der Waals surface area contributed by atoms with Crippen LogP contribution in [0.3, 0.4) is 0 Å². The Morgan fingerprint density at radius 2 is 2.04 bits per heavy atom. The highest BCUT2D eigenvalue weighted by molar-refractivity contribution is 6.31. The van der Waals surface area contributed by atoms with Crippen molar-refractivity contribution in [2.75, 3.05) is 6.61 Å². The van der Waals surface area contributed by atoms with Gasteiger partial charge in [-0.3, -0.25) is 14.6 Å². The molecule has 6 nitrogen and oxygen atoms in total. The van der Waals surface area contributed by atoms with Crippen LogP contribution in [0.2, 0.25) is 0 Å². The van der Waals surface area contributed by atoms with Crippen LogP contribution in [0.25, 0.3) is 5.52 Å². The third-order valence-corrected chi connectivity index (χ3v) is 4.10. The van der Waals surface area contributed by atoms with Gasteiger partial charge in [-0.2, -0.15) is 0 Å². The molecule has 3 aromatic rings. The van der Waals surface area contributed by atoms with Gasteiger partial charge in [-0.15, -0.1) is 0 Å². The predicted octanol–water partition coefficient (Wildman–Crippen LogP) is 2.43. The second-order valence-corrected chi connectivity index (χ2v) is 5.45. The first kappa shape index (κ1) is 15.2. The van der Waals surface area contributed by atoms with Gasteiger partial charge in [0.05, 0.1) is 23.3 Å². The summed E-state index contributed by atoms with van der Waals surface area (Å²) in [6.07, 6.45) is 2.83. The maximum Gasteiger partial charge on any atom is 0.341 e. The number of halogens is 1. The molecule has 4 rings (SSSR count). The van der Waals surface area contributed by atoms with Crippen LogP contribution in [-0.4, -0.2) is 33.5 Å². The standard InChI is InChI=1S/C18H11FN2O4/c1-2-25-18(24)12-11-15(21-8-4-6-10(19)14(12)21)17(23)13-9(16(11)22)5-3-7-20-13/h3-8H,2H2,1H3. The van der Waals surface area contributed by atoms with E-state index in [-0.39, 0.29) is 40.2 Å². The van der Waals surface area contributed by atoms with Crippen molar-refractivity contribution in [3.63, 3.8) is 0 Å². The molecule has 0 spiro atoms. The molecule has 0 aliphatic heterocycles. The third-order valence-electron chi connectivity index (χ3n) is 4.10. The third kappa shape index (κ3) is 1.95. The van der Waals surface area contributed by atoms with E-state index in [0.29, 0.717) is 0 Å². The molecule has 0 atom stereocenters. The van der Waals surface area contributed by atoms with Crippen molar-refractivity contribution in [3.8, 4) is 0 Å². The number of fused-ring (bicyclic) bond motifs is 4. The smallest absolute Gasteiger partial charge is 0.341 e. The minimum atomic E-state index is -0.847. The molecule has 0 saturated heterocycles. The Balaban J connectivity index is 2.15. The fourth-order valence-electron chi connectivity index (χ4n) is 3.13. The molecule has 1 aliphatic rings. The Hall–Kier alpha value is -3.35. The molecule has 3 aromatic heterocycles. The number of rotatable bonds is 2. The van der Waals surface area contributed by atoms with E-state index < -0.39 is 23.4 Å². The molecule has 1 aliphatic carbocycles. The molecule has 0 amide bonds. The second kappa shape index (κ2) is 5.34. The van der Waals surface area contributed by atoms with Crippen LogP contribution < -0.4 is 0 Å². The quantitative estimate of drug-likeness (QED) is 0.525. The molecule has 0 saturated carbocycles. The first-order valence-electron chi connectivity index (χ1n) is 7.60. The summed E-state index contributed by atoms with van der Waals surface area (Å²) in [6.45, 7) is 1.66. The van der Waals surface area contributed by atoms with Gasteiger partial charge in [-0.05, 0) is 31.2 Å². The number of hydrogen-bond donors (Lipinski definition) is 0. The number of nitrogens with zero attached hydrogens (tertiary/aromatic N) is 2. The summed E-state index contributed by atoms with van der Waals surface area (Å²) in [5.74, 6) is -2.66. The van der Waals surface area contributed by atoms with Gasteiger partial charge in [-0.25, -0.2) is 9.18 Å². The number of esters is 1. The topological polar surface area (TPSA) is 77.7 Å². The van der Waals surface area contributed by atoms with Crippen LogP contribution in [0.15, 0.2) is 36.7 Å². The largest absolute Gasteiger partial charge is 0.462 e. The first-order valence-corrected chi connectivity index (χ1v) is 7.60. The molecule has 124 valence electrons. The Morgan fingerprint density at radius 3 is 2.80 bits per heavy atom. The van der Waals surface area contributed by atoms with E-state index in [1.165, 1.54) is 35.0 Å². The summed E-state index contributed by atoms with van der Waals surface area (Å²) in [5, 5.41) is 0. The minimum absolute atomic E-state index is 0.0147. The van der Waals surface area contributed by atoms with Crippen LogP contribution in [0.4, 0.5) is 4.39 Å². The summed E-state index contributed by atoms with van der Waals surface area (Å²) in [7, 11) is 0. The lowest BCUT2D eigenvalue weighted by molar-refractivity contribution is 0.0525. The van der Waals surface area contributed by atoms with Crippen LogP contribution in [0, 0.1) is 5.82 Å². The number of hydrogen-bond acceptors (Lipinski definition) is 5. The number of ether oxygens (including phenoxy) is 1. The molecular formula is C18H11FN2O4. The van der Waals surface area contributed by atoms with Gasteiger partial charge in [-0.1, -0.05) is 0 Å². The van der Waals surface area contributed by atoms with Gasteiger partial charge in [0.1, 0.15) is 22.8 Å². The lowest BCUT2D eigenvalue weighted by Gasteiger charge is -2.14. The Morgan fingerprint density at radius 1 is 1.24 bits per heavy atom. The van der Waals surface area contributed by atoms with E-state index in [2.05, 4.69) is 4.98 Å². The van der Waals surface area contributed by atoms with Crippen molar-refractivity contribution in [2.45, 2.75) is 6.92 Å². The van der Waals surface area contributed by atoms with Gasteiger partial charge in [0.15, 0.2) is 5.78 Å². The summed E-state index contributed by atoms with van der Waals surface area (Å²) >= 11 is 0. The molecule has 0 bridgehead atoms. The number of ketones is 2. The molecular weight excluding hydrogens is 327 g/mol. The van der Waals surface area contributed by atoms with Crippen LogP contribution in [0.1, 0.15) is 49.4 Å². The van der Waals surface area contributed by atoms with E-state index in [1.807, 2.05) is 0 Å². The highest BCUT2D eigenvalue weighted by Gasteiger charge is 2.39. The van der Waals surface area contributed by atoms with E-state index in [4.69, 9.17) is 4.74 Å². The molecule has 0 radical (unpaired) electrons. The van der Waals surface area contributed by atoms with Gasteiger partial charge < -0.3 is 9.14 Å². The van der Waals surface area contributed by atoms with E-state index in [1.54, 1.807) is 6.92 Å². The zero-order chi connectivity index (χ0) is 17.7. The van der Waals surface area contributed by atoms with Crippen LogP contribution in [0.5, 0.6) is 0 Å². The van der Waals surface area contributed by atoms with Gasteiger partial charge in [0.25, 0.3) is 0 Å². The van der Waals surface area contributed by atoms with Crippen molar-refractivity contribution >= 4 is 23.1 Å². The maximum atomic E-state index is 14.4. The van der Waals surface area contributed by atoms with E-state index >= 15 is 0 Å². The molecule has 0 N–H and O–H groups in total. The second-order valence-electron chi connectivity index (χ2n) is 5.45. The van der Waals surface area contributed by atoms with Crippen molar-refractivity contribution in [1.29, 1.82) is 0 Å². The molecule has 25 heavy (non-hydrogen) atoms. The van der Waals surface area contributed by atoms with Crippen molar-refractivity contribution in [2.24, 2.45) is 0 Å². The lowest BCUT2D eigenvalue weighted by atomic mass is 9.89. The van der Waals surface area contributed by atoms with Crippen molar-refractivity contribution in [3.05, 3.63) is 70.6 Å². The SMILES string of the molecule is CCOC(=O)c1c2c(n3cccc(F)c13)C(=O)c1ncccc1C2=O. The van der Waals surface area contributed by atoms with Crippen molar-refractivity contribution in [1.82, 2.24) is 9.38 Å². The minimum Gasteiger partial charge on any atom is -0.462 e. The Labute approximate surface area is 140 Å². The normalized spacial score (nSPS) is 12.9. The summed E-state index contributed by atoms with van der Waals surface area (Å²) in [4.78, 5) is 42.2. The number of carbonyl (C=O) groups is 3. The lowest BCUT2D eigenvalue weighted by Crippen LogP contribution is -2.24. The monoisotopic (exact) mass is 338 g/mol. The Bertz CT molecular complexity index is 1080. The fourth-order valence-corrected chi connectivity index (χ4v) is 3.13.